The first-order chi connectivity index (χ1) is 21.8. The number of fused-ring (bicyclic) bond motifs is 5. The Bertz CT molecular complexity index is 1630. The number of carbonyl (C=O) groups excluding carboxylic acids is 1. The molecule has 3 unspecified atom stereocenters. The summed E-state index contributed by atoms with van der Waals surface area (Å²) in [5.41, 5.74) is 5.31. The Morgan fingerprint density at radius 1 is 1.13 bits per heavy atom. The van der Waals surface area contributed by atoms with Gasteiger partial charge in [0.15, 0.2) is 5.69 Å². The molecule has 4 aliphatic heterocycles. The van der Waals surface area contributed by atoms with Crippen molar-refractivity contribution in [2.45, 2.75) is 88.4 Å². The van der Waals surface area contributed by atoms with Crippen molar-refractivity contribution in [1.29, 1.82) is 0 Å². The molecular weight excluding hydrogens is 573 g/mol. The van der Waals surface area contributed by atoms with Crippen molar-refractivity contribution < 1.29 is 18.7 Å². The number of anilines is 1. The fraction of sp³-hybridized carbons (Fsp3) is 0.588. The Morgan fingerprint density at radius 3 is 2.91 bits per heavy atom. The lowest BCUT2D eigenvalue weighted by Gasteiger charge is -2.43. The van der Waals surface area contributed by atoms with Crippen LogP contribution in [-0.4, -0.2) is 87.5 Å². The lowest BCUT2D eigenvalue weighted by Crippen LogP contribution is -2.44. The third-order valence-corrected chi connectivity index (χ3v) is 10.7. The number of alkyl halides is 1. The molecule has 2 saturated heterocycles. The quantitative estimate of drug-likeness (QED) is 0.425. The molecule has 1 spiro atoms. The molecule has 1 amide bonds. The second-order valence-corrected chi connectivity index (χ2v) is 13.8. The van der Waals surface area contributed by atoms with E-state index in [4.69, 9.17) is 19.4 Å². The van der Waals surface area contributed by atoms with Gasteiger partial charge in [0.25, 0.3) is 5.91 Å². The first kappa shape index (κ1) is 28.9. The standard InChI is InChI=1S/C34H42FN7O3/c1-39(2)31(43)28-16-25-20-40(13-7-15-42(25)38-28)30-26-21-45-34(12-5-9-23-8-3-4-10-27(23)34)18-29(26)36-32(37-30)44-22-33-11-6-14-41(33)19-24(35)17-33/h3-4,8,10,16,24H,5-7,9,11-15,17-22H2,1-2H3. The molecule has 3 aromatic rings. The number of nitrogens with zero attached hydrogens (tertiary/aromatic N) is 7. The predicted molar refractivity (Wildman–Crippen MR) is 166 cm³/mol. The normalized spacial score (nSPS) is 27.4. The van der Waals surface area contributed by atoms with Crippen molar-refractivity contribution >= 4 is 11.7 Å². The number of halogens is 1. The summed E-state index contributed by atoms with van der Waals surface area (Å²) in [5.74, 6) is 0.714. The summed E-state index contributed by atoms with van der Waals surface area (Å²) < 4.78 is 29.8. The molecule has 0 bridgehead atoms. The van der Waals surface area contributed by atoms with Gasteiger partial charge in [-0.3, -0.25) is 14.4 Å². The molecular formula is C34H42FN7O3. The first-order valence-electron chi connectivity index (χ1n) is 16.5. The molecule has 3 atom stereocenters. The Labute approximate surface area is 263 Å². The Balaban J connectivity index is 1.15. The van der Waals surface area contributed by atoms with Gasteiger partial charge in [-0.2, -0.15) is 15.1 Å². The molecule has 45 heavy (non-hydrogen) atoms. The van der Waals surface area contributed by atoms with E-state index in [1.807, 2.05) is 10.7 Å². The summed E-state index contributed by atoms with van der Waals surface area (Å²) in [7, 11) is 3.49. The summed E-state index contributed by atoms with van der Waals surface area (Å²) in [6.45, 7) is 4.27. The zero-order valence-corrected chi connectivity index (χ0v) is 26.3. The number of aromatic nitrogens is 4. The van der Waals surface area contributed by atoms with Crippen molar-refractivity contribution in [1.82, 2.24) is 29.5 Å². The Kier molecular flexibility index (Phi) is 7.09. The third kappa shape index (κ3) is 4.99. The maximum atomic E-state index is 14.5. The molecule has 5 aliphatic rings. The van der Waals surface area contributed by atoms with E-state index in [0.717, 1.165) is 80.9 Å². The summed E-state index contributed by atoms with van der Waals surface area (Å²) >= 11 is 0. The van der Waals surface area contributed by atoms with E-state index in [1.165, 1.54) is 11.1 Å². The van der Waals surface area contributed by atoms with Crippen molar-refractivity contribution in [3.63, 3.8) is 0 Å². The molecule has 0 saturated carbocycles. The average molecular weight is 616 g/mol. The van der Waals surface area contributed by atoms with Gasteiger partial charge in [0.1, 0.15) is 18.6 Å². The number of hydrogen-bond acceptors (Lipinski definition) is 8. The maximum Gasteiger partial charge on any atom is 0.318 e. The zero-order chi connectivity index (χ0) is 30.8. The fourth-order valence-electron chi connectivity index (χ4n) is 8.49. The van der Waals surface area contributed by atoms with Gasteiger partial charge < -0.3 is 19.3 Å². The van der Waals surface area contributed by atoms with E-state index in [1.54, 1.807) is 19.0 Å². The van der Waals surface area contributed by atoms with Gasteiger partial charge in [-0.15, -0.1) is 0 Å². The molecule has 8 rings (SSSR count). The largest absolute Gasteiger partial charge is 0.461 e. The SMILES string of the molecule is CN(C)C(=O)c1cc2n(n1)CCCN(c1nc(OCC34CCCN3CC(F)C4)nc3c1COC1(CCCc4ccccc41)C3)C2. The van der Waals surface area contributed by atoms with Gasteiger partial charge in [-0.1, -0.05) is 24.3 Å². The molecule has 0 radical (unpaired) electrons. The van der Waals surface area contributed by atoms with Crippen LogP contribution in [0.5, 0.6) is 6.01 Å². The van der Waals surface area contributed by atoms with Crippen molar-refractivity contribution in [2.75, 3.05) is 45.2 Å². The zero-order valence-electron chi connectivity index (χ0n) is 26.3. The number of aryl methyl sites for hydroxylation is 2. The number of amides is 1. The van der Waals surface area contributed by atoms with Crippen molar-refractivity contribution in [2.24, 2.45) is 0 Å². The summed E-state index contributed by atoms with van der Waals surface area (Å²) in [6, 6.07) is 10.9. The molecule has 238 valence electrons. The molecule has 11 heteroatoms. The second kappa shape index (κ2) is 11.0. The summed E-state index contributed by atoms with van der Waals surface area (Å²) in [6.07, 6.45) is 6.27. The minimum Gasteiger partial charge on any atom is -0.461 e. The van der Waals surface area contributed by atoms with Crippen molar-refractivity contribution in [3.8, 4) is 6.01 Å². The Hall–Kier alpha value is -3.57. The van der Waals surface area contributed by atoms with Crippen LogP contribution in [-0.2, 0) is 42.9 Å². The van der Waals surface area contributed by atoms with Crippen LogP contribution in [0.1, 0.15) is 77.1 Å². The van der Waals surface area contributed by atoms with E-state index in [2.05, 4.69) is 39.2 Å². The number of ether oxygens (including phenoxy) is 2. The number of carbonyl (C=O) groups is 1. The van der Waals surface area contributed by atoms with Gasteiger partial charge in [0.2, 0.25) is 0 Å². The average Bonchev–Trinajstić information content (AvgIpc) is 3.66. The molecule has 0 N–H and O–H groups in total. The van der Waals surface area contributed by atoms with E-state index < -0.39 is 11.8 Å². The Morgan fingerprint density at radius 2 is 2.02 bits per heavy atom. The van der Waals surface area contributed by atoms with Gasteiger partial charge in [0.05, 0.1) is 35.7 Å². The minimum atomic E-state index is -0.816. The summed E-state index contributed by atoms with van der Waals surface area (Å²) in [5, 5.41) is 4.63. The van der Waals surface area contributed by atoms with Crippen LogP contribution in [0, 0.1) is 0 Å². The van der Waals surface area contributed by atoms with E-state index >= 15 is 0 Å². The van der Waals surface area contributed by atoms with Crippen molar-refractivity contribution in [3.05, 3.63) is 64.1 Å². The van der Waals surface area contributed by atoms with Crippen LogP contribution >= 0.6 is 0 Å². The fourth-order valence-corrected chi connectivity index (χ4v) is 8.49. The lowest BCUT2D eigenvalue weighted by atomic mass is 9.75. The van der Waals surface area contributed by atoms with Gasteiger partial charge in [-0.05, 0) is 62.3 Å². The van der Waals surface area contributed by atoms with Crippen LogP contribution in [0.25, 0.3) is 0 Å². The monoisotopic (exact) mass is 615 g/mol. The van der Waals surface area contributed by atoms with E-state index in [0.29, 0.717) is 50.8 Å². The second-order valence-electron chi connectivity index (χ2n) is 13.8. The third-order valence-electron chi connectivity index (χ3n) is 10.7. The topological polar surface area (TPSA) is 88.9 Å². The molecule has 1 aromatic carbocycles. The van der Waals surface area contributed by atoms with Crippen LogP contribution < -0.4 is 9.64 Å². The highest BCUT2D eigenvalue weighted by atomic mass is 19.1. The van der Waals surface area contributed by atoms with Gasteiger partial charge in [0, 0.05) is 52.1 Å². The van der Waals surface area contributed by atoms with E-state index in [-0.39, 0.29) is 11.4 Å². The van der Waals surface area contributed by atoms with Crippen LogP contribution in [0.3, 0.4) is 0 Å². The molecule has 2 aromatic heterocycles. The van der Waals surface area contributed by atoms with E-state index in [9.17, 15) is 9.18 Å². The highest BCUT2D eigenvalue weighted by Gasteiger charge is 2.50. The number of benzene rings is 1. The predicted octanol–water partition coefficient (Wildman–Crippen LogP) is 4.04. The van der Waals surface area contributed by atoms with Gasteiger partial charge in [-0.25, -0.2) is 4.39 Å². The molecule has 10 nitrogen and oxygen atoms in total. The van der Waals surface area contributed by atoms with Crippen LogP contribution in [0.15, 0.2) is 30.3 Å². The number of rotatable bonds is 5. The lowest BCUT2D eigenvalue weighted by molar-refractivity contribution is -0.0855. The molecule has 1 aliphatic carbocycles. The number of hydrogen-bond donors (Lipinski definition) is 0. The highest BCUT2D eigenvalue weighted by Crippen LogP contribution is 2.46. The highest BCUT2D eigenvalue weighted by molar-refractivity contribution is 5.92. The van der Waals surface area contributed by atoms with Crippen LogP contribution in [0.4, 0.5) is 10.2 Å². The first-order valence-corrected chi connectivity index (χ1v) is 16.5. The maximum absolute atomic E-state index is 14.5. The molecule has 2 fully saturated rings. The molecule has 6 heterocycles. The smallest absolute Gasteiger partial charge is 0.318 e. The van der Waals surface area contributed by atoms with Crippen LogP contribution in [0.2, 0.25) is 0 Å². The van der Waals surface area contributed by atoms with Gasteiger partial charge >= 0.3 is 6.01 Å². The summed E-state index contributed by atoms with van der Waals surface area (Å²) in [4.78, 5) is 28.9. The minimum absolute atomic E-state index is 0.105.